The first-order valence-corrected chi connectivity index (χ1v) is 5.26. The number of phenolic OH excluding ortho intramolecular Hbond substituents is 1. The molecule has 4 heteroatoms. The van der Waals surface area contributed by atoms with Crippen molar-refractivity contribution in [3.05, 3.63) is 23.3 Å². The second kappa shape index (κ2) is 5.42. The van der Waals surface area contributed by atoms with Crippen LogP contribution >= 0.6 is 15.9 Å². The second-order valence-electron chi connectivity index (χ2n) is 2.67. The first-order chi connectivity index (χ1) is 7.22. The molecule has 0 heterocycles. The lowest BCUT2D eigenvalue weighted by Crippen LogP contribution is -1.90. The Hall–Kier alpha value is -1.47. The summed E-state index contributed by atoms with van der Waals surface area (Å²) in [5.41, 5.74) is 0.805. The number of phenols is 1. The van der Waals surface area contributed by atoms with Crippen LogP contribution in [0.3, 0.4) is 0 Å². The highest BCUT2D eigenvalue weighted by Crippen LogP contribution is 2.29. The Balaban J connectivity index is 3.26. The number of carbonyl (C=O) groups excluding carboxylic acids is 1. The van der Waals surface area contributed by atoms with E-state index in [0.29, 0.717) is 17.2 Å². The van der Waals surface area contributed by atoms with Gasteiger partial charge in [-0.1, -0.05) is 27.8 Å². The zero-order chi connectivity index (χ0) is 11.3. The van der Waals surface area contributed by atoms with Gasteiger partial charge in [0.15, 0.2) is 17.8 Å². The van der Waals surface area contributed by atoms with E-state index in [9.17, 15) is 9.90 Å². The largest absolute Gasteiger partial charge is 0.504 e. The van der Waals surface area contributed by atoms with Crippen molar-refractivity contribution >= 4 is 22.2 Å². The Morgan fingerprint density at radius 2 is 2.33 bits per heavy atom. The fourth-order valence-corrected chi connectivity index (χ4v) is 1.22. The van der Waals surface area contributed by atoms with Crippen molar-refractivity contribution in [2.24, 2.45) is 0 Å². The molecule has 15 heavy (non-hydrogen) atoms. The number of hydrogen-bond donors (Lipinski definition) is 1. The lowest BCUT2D eigenvalue weighted by Gasteiger charge is -2.05. The number of benzene rings is 1. The van der Waals surface area contributed by atoms with Gasteiger partial charge in [0.2, 0.25) is 0 Å². The molecule has 3 nitrogen and oxygen atoms in total. The summed E-state index contributed by atoms with van der Waals surface area (Å²) in [7, 11) is 1.42. The van der Waals surface area contributed by atoms with Crippen molar-refractivity contribution in [1.82, 2.24) is 0 Å². The van der Waals surface area contributed by atoms with Gasteiger partial charge in [-0.05, 0) is 12.1 Å². The minimum absolute atomic E-state index is 0.156. The number of halogens is 1. The molecule has 1 aromatic carbocycles. The fraction of sp³-hybridized carbons (Fsp3) is 0.182. The Morgan fingerprint density at radius 3 is 2.87 bits per heavy atom. The van der Waals surface area contributed by atoms with E-state index in [4.69, 9.17) is 4.74 Å². The Bertz CT molecular complexity index is 429. The third-order valence-corrected chi connectivity index (χ3v) is 2.03. The first-order valence-electron chi connectivity index (χ1n) is 4.14. The maximum atomic E-state index is 10.6. The van der Waals surface area contributed by atoms with E-state index >= 15 is 0 Å². The van der Waals surface area contributed by atoms with Gasteiger partial charge in [-0.2, -0.15) is 0 Å². The summed E-state index contributed by atoms with van der Waals surface area (Å²) < 4.78 is 4.92. The van der Waals surface area contributed by atoms with Gasteiger partial charge in [0.1, 0.15) is 0 Å². The van der Waals surface area contributed by atoms with Gasteiger partial charge >= 0.3 is 0 Å². The van der Waals surface area contributed by atoms with Crippen LogP contribution in [-0.4, -0.2) is 23.8 Å². The summed E-state index contributed by atoms with van der Waals surface area (Å²) in [5, 5.41) is 10.1. The summed E-state index contributed by atoms with van der Waals surface area (Å²) in [5.74, 6) is 5.72. The van der Waals surface area contributed by atoms with Gasteiger partial charge in [-0.15, -0.1) is 0 Å². The van der Waals surface area contributed by atoms with Crippen LogP contribution in [0.25, 0.3) is 0 Å². The third-order valence-electron chi connectivity index (χ3n) is 1.75. The predicted molar refractivity (Wildman–Crippen MR) is 60.7 cm³/mol. The number of rotatable bonds is 2. The number of alkyl halides is 1. The van der Waals surface area contributed by atoms with Crippen molar-refractivity contribution in [2.75, 3.05) is 12.4 Å². The van der Waals surface area contributed by atoms with Crippen molar-refractivity contribution in [3.63, 3.8) is 0 Å². The van der Waals surface area contributed by atoms with Gasteiger partial charge in [0.05, 0.1) is 18.0 Å². The molecule has 0 spiro atoms. The molecule has 1 rings (SSSR count). The smallest absolute Gasteiger partial charge is 0.168 e. The van der Waals surface area contributed by atoms with Crippen molar-refractivity contribution in [3.8, 4) is 23.3 Å². The molecule has 0 radical (unpaired) electrons. The quantitative estimate of drug-likeness (QED) is 0.507. The van der Waals surface area contributed by atoms with Crippen LogP contribution in [0.5, 0.6) is 11.5 Å². The number of methoxy groups -OCH3 is 1. The summed E-state index contributed by atoms with van der Waals surface area (Å²) >= 11 is 3.17. The van der Waals surface area contributed by atoms with Crippen LogP contribution in [0, 0.1) is 11.8 Å². The molecule has 78 valence electrons. The maximum Gasteiger partial charge on any atom is 0.168 e. The van der Waals surface area contributed by atoms with E-state index < -0.39 is 0 Å². The van der Waals surface area contributed by atoms with E-state index in [1.165, 1.54) is 13.2 Å². The van der Waals surface area contributed by atoms with Crippen LogP contribution in [0.15, 0.2) is 12.1 Å². The molecule has 0 atom stereocenters. The normalized spacial score (nSPS) is 8.93. The SMILES string of the molecule is COc1cc(C#CCBr)cc(C=O)c1O. The van der Waals surface area contributed by atoms with Gasteiger partial charge in [0.25, 0.3) is 0 Å². The number of ether oxygens (including phenoxy) is 1. The molecule has 0 saturated carbocycles. The molecular formula is C11H9BrO3. The van der Waals surface area contributed by atoms with Gasteiger partial charge in [0, 0.05) is 5.56 Å². The van der Waals surface area contributed by atoms with E-state index in [1.807, 2.05) is 0 Å². The molecule has 0 amide bonds. The summed E-state index contributed by atoms with van der Waals surface area (Å²) in [6.07, 6.45) is 0.567. The van der Waals surface area contributed by atoms with Crippen molar-refractivity contribution in [2.45, 2.75) is 0 Å². The van der Waals surface area contributed by atoms with Gasteiger partial charge < -0.3 is 9.84 Å². The molecule has 0 aliphatic heterocycles. The van der Waals surface area contributed by atoms with Gasteiger partial charge in [-0.3, -0.25) is 4.79 Å². The minimum Gasteiger partial charge on any atom is -0.504 e. The number of aldehydes is 1. The van der Waals surface area contributed by atoms with Crippen molar-refractivity contribution in [1.29, 1.82) is 0 Å². The third kappa shape index (κ3) is 2.74. The fourth-order valence-electron chi connectivity index (χ4n) is 1.08. The molecule has 0 bridgehead atoms. The zero-order valence-corrected chi connectivity index (χ0v) is 9.67. The molecular weight excluding hydrogens is 260 g/mol. The molecule has 0 fully saturated rings. The standard InChI is InChI=1S/C11H9BrO3/c1-15-10-6-8(3-2-4-12)5-9(7-13)11(10)14/h5-7,14H,4H2,1H3. The molecule has 0 unspecified atom stereocenters. The molecule has 0 saturated heterocycles. The second-order valence-corrected chi connectivity index (χ2v) is 3.23. The van der Waals surface area contributed by atoms with Crippen LogP contribution < -0.4 is 4.74 Å². The highest BCUT2D eigenvalue weighted by Gasteiger charge is 2.08. The first kappa shape index (κ1) is 11.6. The lowest BCUT2D eigenvalue weighted by atomic mass is 10.1. The van der Waals surface area contributed by atoms with Crippen LogP contribution in [0.4, 0.5) is 0 Å². The highest BCUT2D eigenvalue weighted by molar-refractivity contribution is 9.09. The zero-order valence-electron chi connectivity index (χ0n) is 8.08. The molecule has 0 aliphatic carbocycles. The summed E-state index contributed by atoms with van der Waals surface area (Å²) in [4.78, 5) is 10.6. The summed E-state index contributed by atoms with van der Waals surface area (Å²) in [6.45, 7) is 0. The topological polar surface area (TPSA) is 46.5 Å². The lowest BCUT2D eigenvalue weighted by molar-refractivity contribution is 0.112. The van der Waals surface area contributed by atoms with Crippen LogP contribution in [0.1, 0.15) is 15.9 Å². The van der Waals surface area contributed by atoms with Crippen LogP contribution in [-0.2, 0) is 0 Å². The Labute approximate surface area is 96.2 Å². The summed E-state index contributed by atoms with van der Waals surface area (Å²) in [6, 6.07) is 3.10. The Kier molecular flexibility index (Phi) is 4.19. The molecule has 0 aliphatic rings. The van der Waals surface area contributed by atoms with E-state index in [1.54, 1.807) is 6.07 Å². The monoisotopic (exact) mass is 268 g/mol. The molecule has 1 N–H and O–H groups in total. The number of hydrogen-bond acceptors (Lipinski definition) is 3. The highest BCUT2D eigenvalue weighted by atomic mass is 79.9. The average molecular weight is 269 g/mol. The maximum absolute atomic E-state index is 10.6. The van der Waals surface area contributed by atoms with E-state index in [0.717, 1.165) is 0 Å². The van der Waals surface area contributed by atoms with E-state index in [2.05, 4.69) is 27.8 Å². The van der Waals surface area contributed by atoms with Gasteiger partial charge in [-0.25, -0.2) is 0 Å². The number of carbonyl (C=O) groups is 1. The minimum atomic E-state index is -0.156. The average Bonchev–Trinajstić information content (AvgIpc) is 2.27. The number of aromatic hydroxyl groups is 1. The van der Waals surface area contributed by atoms with E-state index in [-0.39, 0.29) is 17.1 Å². The van der Waals surface area contributed by atoms with Crippen molar-refractivity contribution < 1.29 is 14.6 Å². The predicted octanol–water partition coefficient (Wildman–Crippen LogP) is 1.96. The Morgan fingerprint density at radius 1 is 1.60 bits per heavy atom. The molecule has 0 aromatic heterocycles. The molecule has 1 aromatic rings. The van der Waals surface area contributed by atoms with Crippen LogP contribution in [0.2, 0.25) is 0 Å².